The van der Waals surface area contributed by atoms with Crippen LogP contribution in [0.25, 0.3) is 0 Å². The number of benzene rings is 4. The first kappa shape index (κ1) is 22.0. The quantitative estimate of drug-likeness (QED) is 0.277. The molecule has 0 N–H and O–H groups in total. The van der Waals surface area contributed by atoms with E-state index in [4.69, 9.17) is 0 Å². The smallest absolute Gasteiger partial charge is 0.0151 e. The van der Waals surface area contributed by atoms with E-state index < -0.39 is 15.8 Å². The van der Waals surface area contributed by atoms with Crippen LogP contribution in [0.4, 0.5) is 0 Å². The van der Waals surface area contributed by atoms with Crippen LogP contribution >= 0.6 is 15.8 Å². The van der Waals surface area contributed by atoms with Crippen LogP contribution in [0.1, 0.15) is 20.3 Å². The average molecular weight is 441 g/mol. The fourth-order valence-corrected chi connectivity index (χ4v) is 10.2. The average Bonchev–Trinajstić information content (AvgIpc) is 2.82. The zero-order chi connectivity index (χ0) is 21.5. The third-order valence-electron chi connectivity index (χ3n) is 5.70. The summed E-state index contributed by atoms with van der Waals surface area (Å²) in [6, 6.07) is 44.5. The minimum Gasteiger partial charge on any atom is -0.0622 e. The van der Waals surface area contributed by atoms with Gasteiger partial charge in [0.05, 0.1) is 0 Å². The highest BCUT2D eigenvalue weighted by atomic mass is 31.1. The Labute approximate surface area is 189 Å². The van der Waals surface area contributed by atoms with E-state index in [1.165, 1.54) is 27.6 Å². The highest BCUT2D eigenvalue weighted by Gasteiger charge is 2.27. The summed E-state index contributed by atoms with van der Waals surface area (Å²) in [5.74, 6) is 0. The summed E-state index contributed by atoms with van der Waals surface area (Å²) in [4.78, 5) is 0. The van der Waals surface area contributed by atoms with Crippen molar-refractivity contribution in [2.45, 2.75) is 31.6 Å². The Morgan fingerprint density at radius 2 is 0.645 bits per heavy atom. The number of hydrogen-bond donors (Lipinski definition) is 0. The highest BCUT2D eigenvalue weighted by Crippen LogP contribution is 2.47. The summed E-state index contributed by atoms with van der Waals surface area (Å²) in [6.07, 6.45) is 1.21. The molecule has 0 unspecified atom stereocenters. The van der Waals surface area contributed by atoms with E-state index in [-0.39, 0.29) is 0 Å². The molecular weight excluding hydrogens is 410 g/mol. The Morgan fingerprint density at radius 3 is 0.871 bits per heavy atom. The molecule has 4 aromatic rings. The Kier molecular flexibility index (Phi) is 7.69. The third-order valence-corrected chi connectivity index (χ3v) is 11.3. The second-order valence-electron chi connectivity index (χ2n) is 8.02. The molecule has 0 nitrogen and oxygen atoms in total. The molecule has 4 aromatic carbocycles. The Bertz CT molecular complexity index is 867. The molecule has 0 aliphatic carbocycles. The monoisotopic (exact) mass is 440 g/mol. The van der Waals surface area contributed by atoms with E-state index in [2.05, 4.69) is 135 Å². The summed E-state index contributed by atoms with van der Waals surface area (Å²) in [5, 5.41) is 5.92. The first-order chi connectivity index (χ1) is 15.2. The molecule has 0 heterocycles. The van der Waals surface area contributed by atoms with Crippen molar-refractivity contribution >= 4 is 37.1 Å². The van der Waals surface area contributed by atoms with Crippen molar-refractivity contribution in [1.82, 2.24) is 0 Å². The molecule has 0 fully saturated rings. The van der Waals surface area contributed by atoms with Gasteiger partial charge in [-0.3, -0.25) is 0 Å². The number of hydrogen-bond acceptors (Lipinski definition) is 0. The second kappa shape index (κ2) is 10.9. The van der Waals surface area contributed by atoms with Gasteiger partial charge in [0.25, 0.3) is 0 Å². The first-order valence-electron chi connectivity index (χ1n) is 11.0. The Hall–Kier alpha value is -2.26. The second-order valence-corrected chi connectivity index (χ2v) is 13.3. The minimum absolute atomic E-state index is 0.397. The van der Waals surface area contributed by atoms with Gasteiger partial charge in [0.15, 0.2) is 0 Å². The molecule has 0 aromatic heterocycles. The SMILES string of the molecule is C[C@H](C[C@@H](C)P(c1ccccc1)c1ccccc1)P(c1ccccc1)c1ccccc1. The third kappa shape index (κ3) is 5.51. The lowest BCUT2D eigenvalue weighted by atomic mass is 10.3. The molecule has 0 aliphatic rings. The maximum absolute atomic E-state index is 2.46. The fraction of sp³-hybridized carbons (Fsp3) is 0.172. The molecule has 2 heteroatoms. The molecule has 0 amide bonds. The minimum atomic E-state index is -0.397. The van der Waals surface area contributed by atoms with Gasteiger partial charge in [-0.25, -0.2) is 0 Å². The zero-order valence-corrected chi connectivity index (χ0v) is 20.1. The van der Waals surface area contributed by atoms with Crippen LogP contribution in [0.15, 0.2) is 121 Å². The Balaban J connectivity index is 1.65. The summed E-state index contributed by atoms with van der Waals surface area (Å²) >= 11 is 0. The van der Waals surface area contributed by atoms with E-state index in [0.29, 0.717) is 11.3 Å². The topological polar surface area (TPSA) is 0 Å². The molecule has 156 valence electrons. The fourth-order valence-electron chi connectivity index (χ4n) is 4.37. The van der Waals surface area contributed by atoms with Gasteiger partial charge in [-0.05, 0) is 54.8 Å². The Morgan fingerprint density at radius 1 is 0.419 bits per heavy atom. The zero-order valence-electron chi connectivity index (χ0n) is 18.3. The molecule has 0 spiro atoms. The van der Waals surface area contributed by atoms with E-state index in [0.717, 1.165) is 0 Å². The van der Waals surface area contributed by atoms with E-state index >= 15 is 0 Å². The van der Waals surface area contributed by atoms with Crippen molar-refractivity contribution < 1.29 is 0 Å². The summed E-state index contributed by atoms with van der Waals surface area (Å²) in [7, 11) is -0.794. The lowest BCUT2D eigenvalue weighted by molar-refractivity contribution is 0.793. The van der Waals surface area contributed by atoms with Crippen molar-refractivity contribution in [3.8, 4) is 0 Å². The molecule has 0 bridgehead atoms. The maximum Gasteiger partial charge on any atom is -0.0151 e. The van der Waals surface area contributed by atoms with Crippen molar-refractivity contribution in [3.05, 3.63) is 121 Å². The maximum atomic E-state index is 2.46. The molecule has 0 saturated carbocycles. The van der Waals surface area contributed by atoms with Crippen molar-refractivity contribution in [2.75, 3.05) is 0 Å². The predicted octanol–water partition coefficient (Wildman–Crippen LogP) is 6.42. The van der Waals surface area contributed by atoms with Crippen molar-refractivity contribution in [1.29, 1.82) is 0 Å². The van der Waals surface area contributed by atoms with Crippen molar-refractivity contribution in [3.63, 3.8) is 0 Å². The van der Waals surface area contributed by atoms with E-state index in [1.54, 1.807) is 0 Å². The van der Waals surface area contributed by atoms with Crippen LogP contribution in [0.5, 0.6) is 0 Å². The van der Waals surface area contributed by atoms with Gasteiger partial charge in [0.2, 0.25) is 0 Å². The highest BCUT2D eigenvalue weighted by molar-refractivity contribution is 7.74. The van der Waals surface area contributed by atoms with Gasteiger partial charge in [0, 0.05) is 0 Å². The van der Waals surface area contributed by atoms with Crippen LogP contribution in [0, 0.1) is 0 Å². The van der Waals surface area contributed by atoms with E-state index in [9.17, 15) is 0 Å². The molecule has 31 heavy (non-hydrogen) atoms. The summed E-state index contributed by atoms with van der Waals surface area (Å²) in [6.45, 7) is 4.93. The van der Waals surface area contributed by atoms with Crippen LogP contribution < -0.4 is 21.2 Å². The first-order valence-corrected chi connectivity index (χ1v) is 13.8. The van der Waals surface area contributed by atoms with Gasteiger partial charge >= 0.3 is 0 Å². The van der Waals surface area contributed by atoms with Gasteiger partial charge in [-0.1, -0.05) is 135 Å². The van der Waals surface area contributed by atoms with Gasteiger partial charge in [-0.15, -0.1) is 0 Å². The van der Waals surface area contributed by atoms with Gasteiger partial charge < -0.3 is 0 Å². The summed E-state index contributed by atoms with van der Waals surface area (Å²) in [5.41, 5.74) is 1.21. The standard InChI is InChI=1S/C29H30P2/c1-24(30(26-15-7-3-8-16-26)27-17-9-4-10-18-27)23-25(2)31(28-19-11-5-12-20-28)29-21-13-6-14-22-29/h3-22,24-25H,23H2,1-2H3/t24-,25-/m1/s1. The molecule has 4 rings (SSSR count). The predicted molar refractivity (Wildman–Crippen MR) is 142 cm³/mol. The van der Waals surface area contributed by atoms with E-state index in [1.807, 2.05) is 0 Å². The van der Waals surface area contributed by atoms with Crippen LogP contribution in [0.3, 0.4) is 0 Å². The van der Waals surface area contributed by atoms with Crippen LogP contribution in [-0.2, 0) is 0 Å². The molecular formula is C29H30P2. The lowest BCUT2D eigenvalue weighted by Gasteiger charge is -2.32. The molecule has 0 radical (unpaired) electrons. The van der Waals surface area contributed by atoms with Crippen molar-refractivity contribution in [2.24, 2.45) is 0 Å². The van der Waals surface area contributed by atoms with Crippen LogP contribution in [0.2, 0.25) is 0 Å². The molecule has 0 saturated heterocycles. The largest absolute Gasteiger partial charge is 0.0622 e. The van der Waals surface area contributed by atoms with Gasteiger partial charge in [0.1, 0.15) is 0 Å². The lowest BCUT2D eigenvalue weighted by Crippen LogP contribution is -2.26. The normalized spacial score (nSPS) is 13.3. The molecule has 0 aliphatic heterocycles. The summed E-state index contributed by atoms with van der Waals surface area (Å²) < 4.78 is 0. The molecule has 2 atom stereocenters. The van der Waals surface area contributed by atoms with Crippen LogP contribution in [-0.4, -0.2) is 11.3 Å². The van der Waals surface area contributed by atoms with Gasteiger partial charge in [-0.2, -0.15) is 0 Å². The number of rotatable bonds is 8.